The molecule has 0 saturated carbocycles. The van der Waals surface area contributed by atoms with Gasteiger partial charge in [0.25, 0.3) is 11.6 Å². The van der Waals surface area contributed by atoms with Gasteiger partial charge < -0.3 is 10.1 Å². The fraction of sp³-hybridized carbons (Fsp3) is 0.250. The zero-order chi connectivity index (χ0) is 19.6. The summed E-state index contributed by atoms with van der Waals surface area (Å²) in [5.41, 5.74) is 0.0432. The molecule has 1 aromatic carbocycles. The smallest absolute Gasteiger partial charge is 0.270 e. The van der Waals surface area contributed by atoms with Crippen LogP contribution in [0.25, 0.3) is 0 Å². The summed E-state index contributed by atoms with van der Waals surface area (Å²) in [6.45, 7) is 0.509. The molecule has 0 N–H and O–H groups in total. The number of carbonyl (C=O) groups excluding carboxylic acids is 1. The molecular formula is C16H16N4O6S. The van der Waals surface area contributed by atoms with E-state index in [1.165, 1.54) is 51.9 Å². The van der Waals surface area contributed by atoms with Crippen molar-refractivity contribution < 1.29 is 22.9 Å². The predicted octanol–water partition coefficient (Wildman–Crippen LogP) is 0.375. The highest BCUT2D eigenvalue weighted by Crippen LogP contribution is 2.22. The Kier molecular flexibility index (Phi) is 5.06. The van der Waals surface area contributed by atoms with Gasteiger partial charge in [-0.15, -0.1) is 0 Å². The Morgan fingerprint density at radius 3 is 2.30 bits per heavy atom. The summed E-state index contributed by atoms with van der Waals surface area (Å²) in [4.78, 5) is 24.0. The molecule has 0 aliphatic carbocycles. The van der Waals surface area contributed by atoms with Crippen LogP contribution in [0.1, 0.15) is 10.4 Å². The lowest BCUT2D eigenvalue weighted by molar-refractivity contribution is -0.605. The van der Waals surface area contributed by atoms with Crippen molar-refractivity contribution in [1.29, 1.82) is 0 Å². The van der Waals surface area contributed by atoms with E-state index in [4.69, 9.17) is 0 Å². The van der Waals surface area contributed by atoms with Gasteiger partial charge in [0.2, 0.25) is 10.0 Å². The first-order valence-corrected chi connectivity index (χ1v) is 9.46. The standard InChI is InChI=1S/C16H16N4O6S/c21-16(13-4-6-18(22)7-5-13)17-8-10-19(11-9-17)27(25,26)15-3-1-2-14(12-15)20(23)24/h1-7,12H,8-11H2. The number of piperazine rings is 1. The minimum atomic E-state index is -3.89. The molecule has 0 unspecified atom stereocenters. The number of benzene rings is 1. The Morgan fingerprint density at radius 1 is 1.07 bits per heavy atom. The van der Waals surface area contributed by atoms with E-state index in [0.29, 0.717) is 10.3 Å². The van der Waals surface area contributed by atoms with Gasteiger partial charge in [0.15, 0.2) is 12.4 Å². The highest BCUT2D eigenvalue weighted by Gasteiger charge is 2.31. The Hall–Kier alpha value is -3.05. The van der Waals surface area contributed by atoms with Gasteiger partial charge in [0, 0.05) is 50.4 Å². The summed E-state index contributed by atoms with van der Waals surface area (Å²) in [6.07, 6.45) is 2.44. The third kappa shape index (κ3) is 3.88. The average Bonchev–Trinajstić information content (AvgIpc) is 2.68. The highest BCUT2D eigenvalue weighted by atomic mass is 32.2. The quantitative estimate of drug-likeness (QED) is 0.320. The molecular weight excluding hydrogens is 376 g/mol. The highest BCUT2D eigenvalue weighted by molar-refractivity contribution is 7.89. The zero-order valence-corrected chi connectivity index (χ0v) is 14.9. The summed E-state index contributed by atoms with van der Waals surface area (Å²) in [7, 11) is -3.89. The fourth-order valence-corrected chi connectivity index (χ4v) is 4.24. The molecule has 0 spiro atoms. The molecule has 142 valence electrons. The number of nitro benzene ring substituents is 1. The number of amides is 1. The van der Waals surface area contributed by atoms with Crippen LogP contribution in [0, 0.1) is 15.3 Å². The number of hydrogen-bond acceptors (Lipinski definition) is 6. The van der Waals surface area contributed by atoms with Crippen molar-refractivity contribution in [3.63, 3.8) is 0 Å². The van der Waals surface area contributed by atoms with Gasteiger partial charge in [0.1, 0.15) is 0 Å². The molecule has 11 heteroatoms. The van der Waals surface area contributed by atoms with Crippen LogP contribution in [0.5, 0.6) is 0 Å². The average molecular weight is 392 g/mol. The van der Waals surface area contributed by atoms with Gasteiger partial charge in [-0.2, -0.15) is 9.04 Å². The number of non-ortho nitro benzene ring substituents is 1. The van der Waals surface area contributed by atoms with Crippen molar-refractivity contribution in [2.24, 2.45) is 0 Å². The third-order valence-electron chi connectivity index (χ3n) is 4.24. The number of pyridine rings is 1. The normalized spacial score (nSPS) is 15.5. The molecule has 1 fully saturated rings. The maximum absolute atomic E-state index is 12.7. The largest absolute Gasteiger partial charge is 0.619 e. The minimum absolute atomic E-state index is 0.0746. The molecule has 0 atom stereocenters. The molecule has 10 nitrogen and oxygen atoms in total. The van der Waals surface area contributed by atoms with Crippen molar-refractivity contribution in [3.05, 3.63) is 69.7 Å². The van der Waals surface area contributed by atoms with Gasteiger partial charge in [0.05, 0.1) is 15.4 Å². The van der Waals surface area contributed by atoms with Gasteiger partial charge in [-0.1, -0.05) is 6.07 Å². The Labute approximate surface area is 155 Å². The maximum atomic E-state index is 12.7. The number of carbonyl (C=O) groups is 1. The SMILES string of the molecule is O=C(c1cc[n+]([O-])cc1)N1CCN(S(=O)(=O)c2cccc([N+](=O)[O-])c2)CC1. The summed E-state index contributed by atoms with van der Waals surface area (Å²) in [6, 6.07) is 7.68. The maximum Gasteiger partial charge on any atom is 0.270 e. The lowest BCUT2D eigenvalue weighted by atomic mass is 10.2. The van der Waals surface area contributed by atoms with Crippen LogP contribution in [-0.4, -0.2) is 54.6 Å². The lowest BCUT2D eigenvalue weighted by Gasteiger charge is -2.34. The molecule has 1 aliphatic rings. The summed E-state index contributed by atoms with van der Waals surface area (Å²) in [5, 5.41) is 21.9. The van der Waals surface area contributed by atoms with Crippen LogP contribution in [0.2, 0.25) is 0 Å². The van der Waals surface area contributed by atoms with E-state index in [2.05, 4.69) is 0 Å². The summed E-state index contributed by atoms with van der Waals surface area (Å²) >= 11 is 0. The molecule has 1 amide bonds. The number of aromatic nitrogens is 1. The van der Waals surface area contributed by atoms with E-state index < -0.39 is 14.9 Å². The minimum Gasteiger partial charge on any atom is -0.619 e. The fourth-order valence-electron chi connectivity index (χ4n) is 2.78. The Bertz CT molecular complexity index is 969. The van der Waals surface area contributed by atoms with Gasteiger partial charge in [-0.05, 0) is 6.07 Å². The van der Waals surface area contributed by atoms with Crippen molar-refractivity contribution in [3.8, 4) is 0 Å². The molecule has 1 aromatic heterocycles. The third-order valence-corrected chi connectivity index (χ3v) is 6.14. The second-order valence-electron chi connectivity index (χ2n) is 5.90. The van der Waals surface area contributed by atoms with E-state index in [1.807, 2.05) is 0 Å². The van der Waals surface area contributed by atoms with Crippen LogP contribution in [-0.2, 0) is 10.0 Å². The van der Waals surface area contributed by atoms with E-state index in [1.54, 1.807) is 0 Å². The molecule has 27 heavy (non-hydrogen) atoms. The monoisotopic (exact) mass is 392 g/mol. The van der Waals surface area contributed by atoms with E-state index >= 15 is 0 Å². The molecule has 1 saturated heterocycles. The number of nitrogens with zero attached hydrogens (tertiary/aromatic N) is 4. The number of nitro groups is 1. The van der Waals surface area contributed by atoms with Gasteiger partial charge in [-0.25, -0.2) is 8.42 Å². The van der Waals surface area contributed by atoms with Crippen LogP contribution >= 0.6 is 0 Å². The first-order valence-electron chi connectivity index (χ1n) is 8.02. The second kappa shape index (κ2) is 7.29. The number of hydrogen-bond donors (Lipinski definition) is 0. The molecule has 0 radical (unpaired) electrons. The van der Waals surface area contributed by atoms with Crippen molar-refractivity contribution in [2.45, 2.75) is 4.90 Å². The van der Waals surface area contributed by atoms with E-state index in [-0.39, 0.29) is 42.7 Å². The Balaban J connectivity index is 1.71. The summed E-state index contributed by atoms with van der Waals surface area (Å²) in [5.74, 6) is -0.289. The zero-order valence-electron chi connectivity index (χ0n) is 14.1. The number of sulfonamides is 1. The van der Waals surface area contributed by atoms with Crippen LogP contribution in [0.4, 0.5) is 5.69 Å². The van der Waals surface area contributed by atoms with Crippen molar-refractivity contribution in [1.82, 2.24) is 9.21 Å². The van der Waals surface area contributed by atoms with E-state index in [0.717, 1.165) is 6.07 Å². The first kappa shape index (κ1) is 18.7. The molecule has 3 rings (SSSR count). The number of rotatable bonds is 4. The van der Waals surface area contributed by atoms with Crippen molar-refractivity contribution >= 4 is 21.6 Å². The molecule has 0 bridgehead atoms. The topological polar surface area (TPSA) is 128 Å². The van der Waals surface area contributed by atoms with E-state index in [9.17, 15) is 28.5 Å². The van der Waals surface area contributed by atoms with Gasteiger partial charge in [-0.3, -0.25) is 14.9 Å². The second-order valence-corrected chi connectivity index (χ2v) is 7.84. The van der Waals surface area contributed by atoms with Crippen LogP contribution < -0.4 is 4.73 Å². The molecule has 2 heterocycles. The predicted molar refractivity (Wildman–Crippen MR) is 93.2 cm³/mol. The van der Waals surface area contributed by atoms with Crippen LogP contribution in [0.3, 0.4) is 0 Å². The first-order chi connectivity index (χ1) is 12.8. The van der Waals surface area contributed by atoms with Crippen LogP contribution in [0.15, 0.2) is 53.7 Å². The van der Waals surface area contributed by atoms with Crippen molar-refractivity contribution in [2.75, 3.05) is 26.2 Å². The molecule has 1 aliphatic heterocycles. The lowest BCUT2D eigenvalue weighted by Crippen LogP contribution is -2.50. The summed E-state index contributed by atoms with van der Waals surface area (Å²) < 4.78 is 27.2. The Morgan fingerprint density at radius 2 is 1.70 bits per heavy atom. The molecule has 2 aromatic rings. The van der Waals surface area contributed by atoms with Gasteiger partial charge >= 0.3 is 0 Å².